The number of urea groups is 1. The maximum absolute atomic E-state index is 13.9. The summed E-state index contributed by atoms with van der Waals surface area (Å²) in [5, 5.41) is 8.80. The quantitative estimate of drug-likeness (QED) is 0.170. The van der Waals surface area contributed by atoms with Crippen molar-refractivity contribution in [3.8, 4) is 0 Å². The molecular formula is C34H54N4O5. The third-order valence-electron chi connectivity index (χ3n) is 8.10. The molecule has 9 nitrogen and oxygen atoms in total. The molecule has 2 rings (SSSR count). The molecule has 1 aliphatic rings. The number of benzene rings is 1. The molecule has 240 valence electrons. The standard InChI is InChI=1S/C34H54N4O5/c1-7-9-10-11-15-20-26(23-25-18-13-12-14-19-25)35-33(43)37-30(34(4,5)6)32(42)38-22-16-21-28(38)31(41)36-27(17-8-2)29(40)24(3)39/h12-14,18-19,26-28,30H,7-11,15-17,20-23H2,1-6H3,(H,36,41)(H2,35,37,43)/t26?,27?,28-,30?/m0/s1. The minimum Gasteiger partial charge on any atom is -0.344 e. The predicted octanol–water partition coefficient (Wildman–Crippen LogP) is 5.11. The van der Waals surface area contributed by atoms with Gasteiger partial charge in [-0.05, 0) is 43.1 Å². The first-order chi connectivity index (χ1) is 20.4. The fourth-order valence-corrected chi connectivity index (χ4v) is 5.66. The molecule has 3 N–H and O–H groups in total. The molecule has 0 spiro atoms. The van der Waals surface area contributed by atoms with Crippen LogP contribution >= 0.6 is 0 Å². The Morgan fingerprint density at radius 2 is 1.56 bits per heavy atom. The van der Waals surface area contributed by atoms with Crippen LogP contribution in [0.15, 0.2) is 30.3 Å². The molecule has 1 saturated heterocycles. The minimum absolute atomic E-state index is 0.0839. The van der Waals surface area contributed by atoms with Gasteiger partial charge in [-0.1, -0.05) is 103 Å². The molecular weight excluding hydrogens is 544 g/mol. The summed E-state index contributed by atoms with van der Waals surface area (Å²) in [7, 11) is 0. The van der Waals surface area contributed by atoms with Crippen molar-refractivity contribution in [3.63, 3.8) is 0 Å². The molecule has 0 saturated carbocycles. The average Bonchev–Trinajstić information content (AvgIpc) is 3.45. The normalized spacial score (nSPS) is 17.1. The Hall–Kier alpha value is -3.23. The van der Waals surface area contributed by atoms with Crippen LogP contribution in [0, 0.1) is 5.41 Å². The van der Waals surface area contributed by atoms with Gasteiger partial charge >= 0.3 is 6.03 Å². The SMILES string of the molecule is CCCCCCCC(Cc1ccccc1)NC(=O)NC(C(=O)N1CCC[C@H]1C(=O)NC(CCC)C(=O)C(C)=O)C(C)(C)C. The van der Waals surface area contributed by atoms with Gasteiger partial charge in [0.1, 0.15) is 12.1 Å². The molecule has 0 bridgehead atoms. The third kappa shape index (κ3) is 11.8. The molecule has 0 radical (unpaired) electrons. The van der Waals surface area contributed by atoms with E-state index >= 15 is 0 Å². The van der Waals surface area contributed by atoms with Crippen molar-refractivity contribution in [3.05, 3.63) is 35.9 Å². The molecule has 0 aromatic heterocycles. The molecule has 9 heteroatoms. The lowest BCUT2D eigenvalue weighted by atomic mass is 9.85. The van der Waals surface area contributed by atoms with Gasteiger partial charge in [0.05, 0.1) is 6.04 Å². The summed E-state index contributed by atoms with van der Waals surface area (Å²) in [6.45, 7) is 11.3. The molecule has 1 aliphatic heterocycles. The zero-order valence-corrected chi connectivity index (χ0v) is 27.2. The first kappa shape index (κ1) is 36.0. The molecule has 1 aromatic rings. The number of nitrogens with zero attached hydrogens (tertiary/aromatic N) is 1. The number of hydrogen-bond donors (Lipinski definition) is 3. The van der Waals surface area contributed by atoms with E-state index < -0.39 is 47.0 Å². The third-order valence-corrected chi connectivity index (χ3v) is 8.10. The van der Waals surface area contributed by atoms with Crippen molar-refractivity contribution in [2.45, 2.75) is 136 Å². The van der Waals surface area contributed by atoms with E-state index in [1.807, 2.05) is 45.9 Å². The minimum atomic E-state index is -0.904. The van der Waals surface area contributed by atoms with Gasteiger partial charge in [0.25, 0.3) is 0 Å². The monoisotopic (exact) mass is 598 g/mol. The molecule has 0 aliphatic carbocycles. The van der Waals surface area contributed by atoms with E-state index in [1.54, 1.807) is 0 Å². The Morgan fingerprint density at radius 1 is 0.884 bits per heavy atom. The number of amides is 4. The summed E-state index contributed by atoms with van der Waals surface area (Å²) in [6, 6.07) is 7.03. The van der Waals surface area contributed by atoms with Gasteiger partial charge in [-0.3, -0.25) is 19.2 Å². The van der Waals surface area contributed by atoms with Crippen LogP contribution in [0.4, 0.5) is 4.79 Å². The fourth-order valence-electron chi connectivity index (χ4n) is 5.66. The lowest BCUT2D eigenvalue weighted by molar-refractivity contribution is -0.143. The van der Waals surface area contributed by atoms with E-state index in [0.29, 0.717) is 38.6 Å². The van der Waals surface area contributed by atoms with Crippen LogP contribution in [0.25, 0.3) is 0 Å². The van der Waals surface area contributed by atoms with Crippen molar-refractivity contribution in [2.75, 3.05) is 6.54 Å². The van der Waals surface area contributed by atoms with Crippen LogP contribution < -0.4 is 16.0 Å². The molecule has 4 amide bonds. The highest BCUT2D eigenvalue weighted by molar-refractivity contribution is 6.38. The highest BCUT2D eigenvalue weighted by atomic mass is 16.2. The first-order valence-electron chi connectivity index (χ1n) is 16.2. The Kier molecular flexibility index (Phi) is 14.9. The smallest absolute Gasteiger partial charge is 0.315 e. The maximum atomic E-state index is 13.9. The van der Waals surface area contributed by atoms with Crippen molar-refractivity contribution >= 4 is 29.4 Å². The number of rotatable bonds is 17. The van der Waals surface area contributed by atoms with Gasteiger partial charge in [0.15, 0.2) is 5.78 Å². The topological polar surface area (TPSA) is 125 Å². The first-order valence-corrected chi connectivity index (χ1v) is 16.2. The largest absolute Gasteiger partial charge is 0.344 e. The fraction of sp³-hybridized carbons (Fsp3) is 0.676. The number of Topliss-reactive ketones (excluding diaryl/α,β-unsaturated/α-hetero) is 2. The van der Waals surface area contributed by atoms with Gasteiger partial charge in [0.2, 0.25) is 17.6 Å². The lowest BCUT2D eigenvalue weighted by Crippen LogP contribution is -2.60. The van der Waals surface area contributed by atoms with Crippen LogP contribution in [0.3, 0.4) is 0 Å². The Balaban J connectivity index is 2.14. The van der Waals surface area contributed by atoms with Crippen LogP contribution in [-0.4, -0.2) is 65.0 Å². The van der Waals surface area contributed by atoms with Gasteiger partial charge in [0, 0.05) is 19.5 Å². The second-order valence-corrected chi connectivity index (χ2v) is 13.0. The number of unbranched alkanes of at least 4 members (excludes halogenated alkanes) is 4. The second-order valence-electron chi connectivity index (χ2n) is 13.0. The summed E-state index contributed by atoms with van der Waals surface area (Å²) in [6.07, 6.45) is 9.25. The van der Waals surface area contributed by atoms with Crippen LogP contribution in [0.1, 0.15) is 111 Å². The predicted molar refractivity (Wildman–Crippen MR) is 169 cm³/mol. The van der Waals surface area contributed by atoms with Crippen LogP contribution in [0.5, 0.6) is 0 Å². The Labute approximate surface area is 258 Å². The van der Waals surface area contributed by atoms with Crippen molar-refractivity contribution in [1.82, 2.24) is 20.9 Å². The van der Waals surface area contributed by atoms with Crippen molar-refractivity contribution in [1.29, 1.82) is 0 Å². The van der Waals surface area contributed by atoms with Crippen molar-refractivity contribution in [2.24, 2.45) is 5.41 Å². The summed E-state index contributed by atoms with van der Waals surface area (Å²) in [5.74, 6) is -2.01. The second kappa shape index (κ2) is 17.8. The number of carbonyl (C=O) groups is 5. The summed E-state index contributed by atoms with van der Waals surface area (Å²) < 4.78 is 0. The molecule has 1 fully saturated rings. The zero-order valence-electron chi connectivity index (χ0n) is 27.2. The molecule has 1 heterocycles. The lowest BCUT2D eigenvalue weighted by Gasteiger charge is -2.36. The van der Waals surface area contributed by atoms with Crippen LogP contribution in [-0.2, 0) is 25.6 Å². The Morgan fingerprint density at radius 3 is 2.16 bits per heavy atom. The number of nitrogens with one attached hydrogen (secondary N) is 3. The molecule has 1 aromatic carbocycles. The molecule has 43 heavy (non-hydrogen) atoms. The van der Waals surface area contributed by atoms with E-state index in [0.717, 1.165) is 24.8 Å². The summed E-state index contributed by atoms with van der Waals surface area (Å²) in [5.41, 5.74) is 0.517. The van der Waals surface area contributed by atoms with Gasteiger partial charge in [-0.2, -0.15) is 0 Å². The highest BCUT2D eigenvalue weighted by Crippen LogP contribution is 2.26. The zero-order chi connectivity index (χ0) is 32.0. The van der Waals surface area contributed by atoms with Crippen LogP contribution in [0.2, 0.25) is 0 Å². The molecule has 3 unspecified atom stereocenters. The van der Waals surface area contributed by atoms with E-state index in [4.69, 9.17) is 0 Å². The van der Waals surface area contributed by atoms with Gasteiger partial charge in [-0.25, -0.2) is 4.79 Å². The van der Waals surface area contributed by atoms with E-state index in [9.17, 15) is 24.0 Å². The van der Waals surface area contributed by atoms with E-state index in [1.165, 1.54) is 31.1 Å². The van der Waals surface area contributed by atoms with Gasteiger partial charge in [-0.15, -0.1) is 0 Å². The number of carbonyl (C=O) groups excluding carboxylic acids is 5. The van der Waals surface area contributed by atoms with E-state index in [2.05, 4.69) is 35.0 Å². The highest BCUT2D eigenvalue weighted by Gasteiger charge is 2.42. The van der Waals surface area contributed by atoms with E-state index in [-0.39, 0.29) is 11.9 Å². The summed E-state index contributed by atoms with van der Waals surface area (Å²) >= 11 is 0. The summed E-state index contributed by atoms with van der Waals surface area (Å²) in [4.78, 5) is 66.2. The Bertz CT molecular complexity index is 1070. The average molecular weight is 599 g/mol. The van der Waals surface area contributed by atoms with Gasteiger partial charge < -0.3 is 20.9 Å². The number of likely N-dealkylation sites (tertiary alicyclic amines) is 1. The number of ketones is 2. The maximum Gasteiger partial charge on any atom is 0.315 e. The number of hydrogen-bond acceptors (Lipinski definition) is 5. The molecule has 4 atom stereocenters. The van der Waals surface area contributed by atoms with Crippen molar-refractivity contribution < 1.29 is 24.0 Å².